The Kier molecular flexibility index (Phi) is 5.69. The largest absolute Gasteiger partial charge is 0.497 e. The number of esters is 1. The van der Waals surface area contributed by atoms with Crippen LogP contribution in [0.4, 0.5) is 0 Å². The van der Waals surface area contributed by atoms with E-state index in [1.54, 1.807) is 75.8 Å². The van der Waals surface area contributed by atoms with Crippen LogP contribution in [-0.4, -0.2) is 26.0 Å². The molecule has 1 aliphatic rings. The van der Waals surface area contributed by atoms with Gasteiger partial charge in [-0.3, -0.25) is 4.79 Å². The third-order valence-electron chi connectivity index (χ3n) is 5.13. The van der Waals surface area contributed by atoms with Gasteiger partial charge < -0.3 is 18.9 Å². The lowest BCUT2D eigenvalue weighted by Gasteiger charge is -2.08. The molecular weight excluding hydrogens is 408 g/mol. The van der Waals surface area contributed by atoms with Crippen LogP contribution in [0, 0.1) is 13.8 Å². The quantitative estimate of drug-likeness (QED) is 0.316. The molecule has 0 aromatic heterocycles. The summed E-state index contributed by atoms with van der Waals surface area (Å²) in [6.45, 7) is 3.68. The van der Waals surface area contributed by atoms with E-state index in [1.807, 2.05) is 13.0 Å². The van der Waals surface area contributed by atoms with E-state index in [4.69, 9.17) is 18.9 Å². The Hall–Kier alpha value is -4.06. The molecule has 0 spiro atoms. The van der Waals surface area contributed by atoms with Crippen molar-refractivity contribution in [1.82, 2.24) is 0 Å². The highest BCUT2D eigenvalue weighted by Crippen LogP contribution is 2.38. The van der Waals surface area contributed by atoms with Gasteiger partial charge >= 0.3 is 5.97 Å². The van der Waals surface area contributed by atoms with E-state index in [0.29, 0.717) is 45.3 Å². The Labute approximate surface area is 186 Å². The summed E-state index contributed by atoms with van der Waals surface area (Å²) >= 11 is 0. The fraction of sp³-hybridized carbons (Fsp3) is 0.154. The molecule has 0 fully saturated rings. The van der Waals surface area contributed by atoms with Crippen LogP contribution in [0.3, 0.4) is 0 Å². The number of rotatable bonds is 5. The summed E-state index contributed by atoms with van der Waals surface area (Å²) < 4.78 is 22.0. The molecule has 0 N–H and O–H groups in total. The summed E-state index contributed by atoms with van der Waals surface area (Å²) in [6, 6.07) is 15.6. The number of allylic oxidation sites excluding steroid dienone is 1. The lowest BCUT2D eigenvalue weighted by atomic mass is 10.0. The number of benzene rings is 3. The van der Waals surface area contributed by atoms with Gasteiger partial charge in [0.15, 0.2) is 5.76 Å². The Bertz CT molecular complexity index is 1260. The number of hydrogen-bond acceptors (Lipinski definition) is 6. The smallest absolute Gasteiger partial charge is 0.343 e. The van der Waals surface area contributed by atoms with Gasteiger partial charge in [-0.05, 0) is 61.9 Å². The van der Waals surface area contributed by atoms with Crippen molar-refractivity contribution in [3.05, 3.63) is 88.2 Å². The minimum atomic E-state index is -0.478. The molecule has 0 bridgehead atoms. The van der Waals surface area contributed by atoms with Gasteiger partial charge in [0.25, 0.3) is 0 Å². The molecule has 4 rings (SSSR count). The Morgan fingerprint density at radius 3 is 2.47 bits per heavy atom. The predicted molar refractivity (Wildman–Crippen MR) is 120 cm³/mol. The van der Waals surface area contributed by atoms with Crippen LogP contribution >= 0.6 is 0 Å². The van der Waals surface area contributed by atoms with Crippen molar-refractivity contribution in [2.45, 2.75) is 13.8 Å². The van der Waals surface area contributed by atoms with Gasteiger partial charge in [0.05, 0.1) is 25.3 Å². The standard InChI is InChI=1S/C26H22O6/c1-15-6-5-7-17(10-15)26(28)31-20-11-16(2)24-22(14-20)32-23(25(24)27)13-18-12-19(29-3)8-9-21(18)30-4/h5-14H,1-4H3/b23-13-. The van der Waals surface area contributed by atoms with Crippen molar-refractivity contribution in [3.8, 4) is 23.0 Å². The van der Waals surface area contributed by atoms with E-state index >= 15 is 0 Å². The molecule has 0 saturated carbocycles. The normalized spacial score (nSPS) is 13.5. The fourth-order valence-electron chi connectivity index (χ4n) is 3.57. The van der Waals surface area contributed by atoms with Crippen LogP contribution < -0.4 is 18.9 Å². The maximum Gasteiger partial charge on any atom is 0.343 e. The molecule has 6 heteroatoms. The number of methoxy groups -OCH3 is 2. The number of ketones is 1. The molecule has 1 aliphatic heterocycles. The zero-order valence-corrected chi connectivity index (χ0v) is 18.2. The third-order valence-corrected chi connectivity index (χ3v) is 5.13. The number of carbonyl (C=O) groups excluding carboxylic acids is 2. The molecule has 0 aliphatic carbocycles. The predicted octanol–water partition coefficient (Wildman–Crippen LogP) is 5.16. The third kappa shape index (κ3) is 4.07. The number of aryl methyl sites for hydroxylation is 2. The summed E-state index contributed by atoms with van der Waals surface area (Å²) in [5, 5.41) is 0. The van der Waals surface area contributed by atoms with Crippen LogP contribution in [0.5, 0.6) is 23.0 Å². The highest BCUT2D eigenvalue weighted by Gasteiger charge is 2.30. The van der Waals surface area contributed by atoms with Gasteiger partial charge in [0, 0.05) is 11.6 Å². The van der Waals surface area contributed by atoms with E-state index in [-0.39, 0.29) is 11.5 Å². The average molecular weight is 430 g/mol. The molecule has 1 heterocycles. The molecule has 0 amide bonds. The Balaban J connectivity index is 1.64. The van der Waals surface area contributed by atoms with E-state index in [1.165, 1.54) is 0 Å². The van der Waals surface area contributed by atoms with Crippen molar-refractivity contribution in [3.63, 3.8) is 0 Å². The number of Topliss-reactive ketones (excluding diaryl/α,β-unsaturated/α-hetero) is 1. The topological polar surface area (TPSA) is 71.1 Å². The second-order valence-corrected chi connectivity index (χ2v) is 7.42. The maximum absolute atomic E-state index is 13.0. The molecular formula is C26H22O6. The van der Waals surface area contributed by atoms with Crippen LogP contribution in [0.2, 0.25) is 0 Å². The van der Waals surface area contributed by atoms with Crippen molar-refractivity contribution in [2.24, 2.45) is 0 Å². The van der Waals surface area contributed by atoms with Crippen LogP contribution in [0.15, 0.2) is 60.4 Å². The Morgan fingerprint density at radius 1 is 0.938 bits per heavy atom. The van der Waals surface area contributed by atoms with Gasteiger partial charge in [0.1, 0.15) is 23.0 Å². The van der Waals surface area contributed by atoms with Crippen molar-refractivity contribution < 1.29 is 28.5 Å². The molecule has 6 nitrogen and oxygen atoms in total. The first-order valence-electron chi connectivity index (χ1n) is 9.99. The van der Waals surface area contributed by atoms with Gasteiger partial charge in [0.2, 0.25) is 5.78 Å². The van der Waals surface area contributed by atoms with E-state index < -0.39 is 5.97 Å². The zero-order valence-electron chi connectivity index (χ0n) is 18.2. The number of hydrogen-bond donors (Lipinski definition) is 0. The molecule has 3 aromatic rings. The fourth-order valence-corrected chi connectivity index (χ4v) is 3.57. The van der Waals surface area contributed by atoms with Crippen LogP contribution in [-0.2, 0) is 0 Å². The van der Waals surface area contributed by atoms with E-state index in [9.17, 15) is 9.59 Å². The SMILES string of the molecule is COc1ccc(OC)c(/C=C2\Oc3cc(OC(=O)c4cccc(C)c4)cc(C)c3C2=O)c1. The van der Waals surface area contributed by atoms with Gasteiger partial charge in [-0.25, -0.2) is 4.79 Å². The number of ether oxygens (including phenoxy) is 4. The minimum absolute atomic E-state index is 0.150. The zero-order chi connectivity index (χ0) is 22.8. The minimum Gasteiger partial charge on any atom is -0.497 e. The molecule has 0 atom stereocenters. The van der Waals surface area contributed by atoms with Crippen LogP contribution in [0.25, 0.3) is 6.08 Å². The molecule has 0 radical (unpaired) electrons. The highest BCUT2D eigenvalue weighted by molar-refractivity contribution is 6.15. The second kappa shape index (κ2) is 8.59. The second-order valence-electron chi connectivity index (χ2n) is 7.42. The lowest BCUT2D eigenvalue weighted by molar-refractivity contribution is 0.0734. The lowest BCUT2D eigenvalue weighted by Crippen LogP contribution is -2.09. The number of fused-ring (bicyclic) bond motifs is 1. The number of carbonyl (C=O) groups is 2. The monoisotopic (exact) mass is 430 g/mol. The summed E-state index contributed by atoms with van der Waals surface area (Å²) in [6.07, 6.45) is 1.61. The molecule has 3 aromatic carbocycles. The van der Waals surface area contributed by atoms with Crippen molar-refractivity contribution in [2.75, 3.05) is 14.2 Å². The molecule has 162 valence electrons. The molecule has 32 heavy (non-hydrogen) atoms. The molecule has 0 unspecified atom stereocenters. The van der Waals surface area contributed by atoms with Crippen molar-refractivity contribution in [1.29, 1.82) is 0 Å². The summed E-state index contributed by atoms with van der Waals surface area (Å²) in [5.74, 6) is 1.28. The van der Waals surface area contributed by atoms with Gasteiger partial charge in [-0.15, -0.1) is 0 Å². The summed E-state index contributed by atoms with van der Waals surface area (Å²) in [4.78, 5) is 25.5. The van der Waals surface area contributed by atoms with E-state index in [0.717, 1.165) is 5.56 Å². The first-order chi connectivity index (χ1) is 15.4. The van der Waals surface area contributed by atoms with Gasteiger partial charge in [-0.1, -0.05) is 17.7 Å². The van der Waals surface area contributed by atoms with Crippen LogP contribution in [0.1, 0.15) is 37.4 Å². The Morgan fingerprint density at radius 2 is 1.75 bits per heavy atom. The van der Waals surface area contributed by atoms with Crippen molar-refractivity contribution >= 4 is 17.8 Å². The summed E-state index contributed by atoms with van der Waals surface area (Å²) in [5.41, 5.74) is 3.15. The highest BCUT2D eigenvalue weighted by atomic mass is 16.5. The molecule has 0 saturated heterocycles. The average Bonchev–Trinajstić information content (AvgIpc) is 3.09. The first-order valence-corrected chi connectivity index (χ1v) is 9.99. The van der Waals surface area contributed by atoms with Gasteiger partial charge in [-0.2, -0.15) is 0 Å². The first kappa shape index (κ1) is 21.2. The van der Waals surface area contributed by atoms with E-state index in [2.05, 4.69) is 0 Å². The summed E-state index contributed by atoms with van der Waals surface area (Å²) in [7, 11) is 3.11. The maximum atomic E-state index is 13.0.